The third-order valence-electron chi connectivity index (χ3n) is 1.40. The van der Waals surface area contributed by atoms with Crippen molar-refractivity contribution in [1.29, 1.82) is 0 Å². The van der Waals surface area contributed by atoms with Gasteiger partial charge in [-0.15, -0.1) is 0 Å². The second-order valence-corrected chi connectivity index (χ2v) is 2.27. The summed E-state index contributed by atoms with van der Waals surface area (Å²) in [6.07, 6.45) is 1.57. The molecule has 2 nitrogen and oxygen atoms in total. The summed E-state index contributed by atoms with van der Waals surface area (Å²) in [6.45, 7) is 7.24. The molecule has 52 valence electrons. The van der Waals surface area contributed by atoms with Gasteiger partial charge in [-0.1, -0.05) is 20.3 Å². The van der Waals surface area contributed by atoms with Gasteiger partial charge in [0.2, 0.25) is 5.91 Å². The lowest BCUT2D eigenvalue weighted by atomic mass is 10.1. The molecule has 9 heavy (non-hydrogen) atoms. The van der Waals surface area contributed by atoms with Crippen LogP contribution in [-0.4, -0.2) is 12.6 Å². The number of aliphatic imine (C=N–C) groups is 1. The van der Waals surface area contributed by atoms with Gasteiger partial charge < -0.3 is 0 Å². The van der Waals surface area contributed by atoms with Gasteiger partial charge in [0.1, 0.15) is 0 Å². The SMILES string of the molecule is C=NC(=O)CC(C)CC. The Kier molecular flexibility index (Phi) is 3.93. The first-order chi connectivity index (χ1) is 4.20. The Bertz CT molecular complexity index is 109. The predicted octanol–water partition coefficient (Wildman–Crippen LogP) is 1.65. The normalized spacial score (nSPS) is 12.7. The lowest BCUT2D eigenvalue weighted by Gasteiger charge is -2.01. The number of amides is 1. The maximum atomic E-state index is 10.6. The molecule has 0 aromatic carbocycles. The van der Waals surface area contributed by atoms with Crippen LogP contribution >= 0.6 is 0 Å². The quantitative estimate of drug-likeness (QED) is 0.530. The van der Waals surface area contributed by atoms with E-state index < -0.39 is 0 Å². The van der Waals surface area contributed by atoms with E-state index in [1.54, 1.807) is 0 Å². The molecule has 0 saturated heterocycles. The van der Waals surface area contributed by atoms with Crippen molar-refractivity contribution in [3.63, 3.8) is 0 Å². The van der Waals surface area contributed by atoms with Crippen molar-refractivity contribution < 1.29 is 4.79 Å². The first-order valence-corrected chi connectivity index (χ1v) is 3.20. The largest absolute Gasteiger partial charge is 0.273 e. The van der Waals surface area contributed by atoms with Gasteiger partial charge in [-0.3, -0.25) is 4.79 Å². The topological polar surface area (TPSA) is 29.4 Å². The summed E-state index contributed by atoms with van der Waals surface area (Å²) in [5.74, 6) is 0.354. The van der Waals surface area contributed by atoms with Gasteiger partial charge in [0.25, 0.3) is 0 Å². The number of hydrogen-bond donors (Lipinski definition) is 0. The Hall–Kier alpha value is -0.660. The smallest absolute Gasteiger partial charge is 0.245 e. The van der Waals surface area contributed by atoms with Gasteiger partial charge in [-0.2, -0.15) is 0 Å². The molecule has 0 heterocycles. The summed E-state index contributed by atoms with van der Waals surface area (Å²) in [4.78, 5) is 13.8. The zero-order chi connectivity index (χ0) is 7.28. The molecule has 1 unspecified atom stereocenters. The maximum absolute atomic E-state index is 10.6. The average molecular weight is 127 g/mol. The monoisotopic (exact) mass is 127 g/mol. The lowest BCUT2D eigenvalue weighted by molar-refractivity contribution is -0.118. The second-order valence-electron chi connectivity index (χ2n) is 2.27. The van der Waals surface area contributed by atoms with E-state index in [1.165, 1.54) is 0 Å². The molecule has 1 amide bonds. The van der Waals surface area contributed by atoms with E-state index in [4.69, 9.17) is 0 Å². The van der Waals surface area contributed by atoms with E-state index in [2.05, 4.69) is 18.6 Å². The Morgan fingerprint density at radius 3 is 2.67 bits per heavy atom. The molecule has 0 radical (unpaired) electrons. The minimum atomic E-state index is -0.0932. The Labute approximate surface area is 56.0 Å². The minimum Gasteiger partial charge on any atom is -0.273 e. The number of nitrogens with zero attached hydrogens (tertiary/aromatic N) is 1. The fraction of sp³-hybridized carbons (Fsp3) is 0.714. The third-order valence-corrected chi connectivity index (χ3v) is 1.40. The highest BCUT2D eigenvalue weighted by molar-refractivity contribution is 5.80. The van der Waals surface area contributed by atoms with Crippen LogP contribution in [0, 0.1) is 5.92 Å². The van der Waals surface area contributed by atoms with Gasteiger partial charge in [0.15, 0.2) is 0 Å². The van der Waals surface area contributed by atoms with E-state index in [9.17, 15) is 4.79 Å². The zero-order valence-electron chi connectivity index (χ0n) is 6.05. The van der Waals surface area contributed by atoms with E-state index in [-0.39, 0.29) is 5.91 Å². The summed E-state index contributed by atoms with van der Waals surface area (Å²) >= 11 is 0. The van der Waals surface area contributed by atoms with Crippen molar-refractivity contribution in [2.75, 3.05) is 0 Å². The molecule has 0 N–H and O–H groups in total. The van der Waals surface area contributed by atoms with Crippen LogP contribution in [0.5, 0.6) is 0 Å². The molecule has 0 spiro atoms. The molecule has 0 aromatic heterocycles. The zero-order valence-corrected chi connectivity index (χ0v) is 6.05. The van der Waals surface area contributed by atoms with Crippen molar-refractivity contribution >= 4 is 12.6 Å². The number of carbonyl (C=O) groups excluding carboxylic acids is 1. The molecule has 0 aliphatic carbocycles. The molecule has 0 aliphatic heterocycles. The maximum Gasteiger partial charge on any atom is 0.245 e. The molecule has 2 heteroatoms. The molecular weight excluding hydrogens is 114 g/mol. The van der Waals surface area contributed by atoms with Gasteiger partial charge >= 0.3 is 0 Å². The van der Waals surface area contributed by atoms with Gasteiger partial charge in [-0.05, 0) is 12.6 Å². The number of hydrogen-bond acceptors (Lipinski definition) is 1. The van der Waals surface area contributed by atoms with Crippen LogP contribution in [0.4, 0.5) is 0 Å². The lowest BCUT2D eigenvalue weighted by Crippen LogP contribution is -2.00. The van der Waals surface area contributed by atoms with Crippen LogP contribution in [-0.2, 0) is 4.79 Å². The summed E-state index contributed by atoms with van der Waals surface area (Å²) < 4.78 is 0. The average Bonchev–Trinajstić information content (AvgIpc) is 1.87. The summed E-state index contributed by atoms with van der Waals surface area (Å²) in [5, 5.41) is 0. The fourth-order valence-corrected chi connectivity index (χ4v) is 0.507. The van der Waals surface area contributed by atoms with Crippen molar-refractivity contribution in [1.82, 2.24) is 0 Å². The van der Waals surface area contributed by atoms with Crippen LogP contribution in [0.25, 0.3) is 0 Å². The Morgan fingerprint density at radius 2 is 2.33 bits per heavy atom. The molecule has 1 atom stereocenters. The summed E-state index contributed by atoms with van der Waals surface area (Å²) in [6, 6.07) is 0. The van der Waals surface area contributed by atoms with E-state index in [0.717, 1.165) is 6.42 Å². The van der Waals surface area contributed by atoms with E-state index in [0.29, 0.717) is 12.3 Å². The number of rotatable bonds is 3. The Balaban J connectivity index is 3.46. The highest BCUT2D eigenvalue weighted by Gasteiger charge is 2.03. The van der Waals surface area contributed by atoms with Crippen molar-refractivity contribution in [3.8, 4) is 0 Å². The predicted molar refractivity (Wildman–Crippen MR) is 38.6 cm³/mol. The molecular formula is C7H13NO. The number of carbonyl (C=O) groups is 1. The van der Waals surface area contributed by atoms with Crippen molar-refractivity contribution in [3.05, 3.63) is 0 Å². The van der Waals surface area contributed by atoms with E-state index in [1.807, 2.05) is 6.92 Å². The second kappa shape index (κ2) is 4.24. The first-order valence-electron chi connectivity index (χ1n) is 3.20. The van der Waals surface area contributed by atoms with Gasteiger partial charge in [-0.25, -0.2) is 4.99 Å². The molecule has 0 bridgehead atoms. The highest BCUT2D eigenvalue weighted by atomic mass is 16.1. The van der Waals surface area contributed by atoms with Crippen LogP contribution in [0.1, 0.15) is 26.7 Å². The van der Waals surface area contributed by atoms with Crippen molar-refractivity contribution in [2.45, 2.75) is 26.7 Å². The van der Waals surface area contributed by atoms with Crippen LogP contribution in [0.2, 0.25) is 0 Å². The van der Waals surface area contributed by atoms with Crippen LogP contribution in [0.15, 0.2) is 4.99 Å². The summed E-state index contributed by atoms with van der Waals surface area (Å²) in [7, 11) is 0. The fourth-order valence-electron chi connectivity index (χ4n) is 0.507. The van der Waals surface area contributed by atoms with E-state index >= 15 is 0 Å². The third kappa shape index (κ3) is 3.88. The van der Waals surface area contributed by atoms with Gasteiger partial charge in [0.05, 0.1) is 0 Å². The molecule has 0 rings (SSSR count). The highest BCUT2D eigenvalue weighted by Crippen LogP contribution is 2.06. The molecule has 0 fully saturated rings. The standard InChI is InChI=1S/C7H13NO/c1-4-6(2)5-7(9)8-3/h6H,3-5H2,1-2H3. The summed E-state index contributed by atoms with van der Waals surface area (Å²) in [5.41, 5.74) is 0. The van der Waals surface area contributed by atoms with Gasteiger partial charge in [0, 0.05) is 6.42 Å². The first kappa shape index (κ1) is 8.34. The Morgan fingerprint density at radius 1 is 1.78 bits per heavy atom. The van der Waals surface area contributed by atoms with Crippen LogP contribution < -0.4 is 0 Å². The molecule has 0 aliphatic rings. The molecule has 0 saturated carbocycles. The molecule has 0 aromatic rings. The van der Waals surface area contributed by atoms with Crippen LogP contribution in [0.3, 0.4) is 0 Å². The van der Waals surface area contributed by atoms with Crippen molar-refractivity contribution in [2.24, 2.45) is 10.9 Å². The minimum absolute atomic E-state index is 0.0932.